The Balaban J connectivity index is 2.30. The van der Waals surface area contributed by atoms with Crippen LogP contribution in [0.4, 0.5) is 0 Å². The smallest absolute Gasteiger partial charge is 0.144 e. The zero-order valence-electron chi connectivity index (χ0n) is 10.8. The number of aromatic hydroxyl groups is 1. The highest BCUT2D eigenvalue weighted by Gasteiger charge is 2.15. The molecule has 0 bridgehead atoms. The largest absolute Gasteiger partial charge is 0.507 e. The molecule has 20 heavy (non-hydrogen) atoms. The lowest BCUT2D eigenvalue weighted by atomic mass is 10.2. The van der Waals surface area contributed by atoms with Crippen LogP contribution in [0.5, 0.6) is 5.75 Å². The van der Waals surface area contributed by atoms with E-state index in [4.69, 9.17) is 23.2 Å². The van der Waals surface area contributed by atoms with Gasteiger partial charge < -0.3 is 9.67 Å². The first-order valence-corrected chi connectivity index (χ1v) is 7.00. The molecule has 0 amide bonds. The summed E-state index contributed by atoms with van der Waals surface area (Å²) in [4.78, 5) is 4.58. The molecule has 0 aliphatic carbocycles. The molecular weight excluding hydrogens is 295 g/mol. The lowest BCUT2D eigenvalue weighted by Gasteiger charge is -2.08. The van der Waals surface area contributed by atoms with Crippen LogP contribution >= 0.6 is 23.2 Å². The maximum Gasteiger partial charge on any atom is 0.144 e. The van der Waals surface area contributed by atoms with Gasteiger partial charge in [0, 0.05) is 16.6 Å². The molecular formula is C15H12Cl2N2O. The highest BCUT2D eigenvalue weighted by atomic mass is 35.5. The van der Waals surface area contributed by atoms with Crippen LogP contribution in [-0.4, -0.2) is 14.7 Å². The van der Waals surface area contributed by atoms with Crippen LogP contribution in [0.25, 0.3) is 22.4 Å². The Bertz CT molecular complexity index is 796. The fourth-order valence-electron chi connectivity index (χ4n) is 2.32. The zero-order chi connectivity index (χ0) is 14.3. The molecule has 0 saturated carbocycles. The lowest BCUT2D eigenvalue weighted by Crippen LogP contribution is -1.97. The molecule has 1 heterocycles. The topological polar surface area (TPSA) is 38.0 Å². The molecule has 1 N–H and O–H groups in total. The summed E-state index contributed by atoms with van der Waals surface area (Å²) in [6.07, 6.45) is 0. The standard InChI is InChI=1S/C15H12Cl2N2O/c1-2-19-13-6-4-9(16)7-12(13)18-15(19)11-5-3-10(17)8-14(11)20/h3-8,20H,2H2,1H3. The van der Waals surface area contributed by atoms with Gasteiger partial charge in [-0.05, 0) is 43.3 Å². The molecule has 3 aromatic rings. The summed E-state index contributed by atoms with van der Waals surface area (Å²) >= 11 is 11.9. The van der Waals surface area contributed by atoms with Gasteiger partial charge in [0.05, 0.1) is 16.6 Å². The number of fused-ring (bicyclic) bond motifs is 1. The van der Waals surface area contributed by atoms with Crippen LogP contribution in [0.3, 0.4) is 0 Å². The molecule has 0 radical (unpaired) electrons. The minimum Gasteiger partial charge on any atom is -0.507 e. The number of hydrogen-bond donors (Lipinski definition) is 1. The number of imidazole rings is 1. The van der Waals surface area contributed by atoms with Gasteiger partial charge in [0.25, 0.3) is 0 Å². The van der Waals surface area contributed by atoms with Crippen LogP contribution in [0.2, 0.25) is 10.0 Å². The highest BCUT2D eigenvalue weighted by Crippen LogP contribution is 2.33. The van der Waals surface area contributed by atoms with Gasteiger partial charge in [0.1, 0.15) is 11.6 Å². The summed E-state index contributed by atoms with van der Waals surface area (Å²) in [7, 11) is 0. The number of hydrogen-bond acceptors (Lipinski definition) is 2. The van der Waals surface area contributed by atoms with Gasteiger partial charge in [-0.25, -0.2) is 4.98 Å². The molecule has 0 fully saturated rings. The Morgan fingerprint density at radius 3 is 2.50 bits per heavy atom. The summed E-state index contributed by atoms with van der Waals surface area (Å²) < 4.78 is 2.04. The van der Waals surface area contributed by atoms with Crippen molar-refractivity contribution in [3.05, 3.63) is 46.4 Å². The molecule has 102 valence electrons. The molecule has 1 aromatic heterocycles. The Morgan fingerprint density at radius 2 is 1.80 bits per heavy atom. The van der Waals surface area contributed by atoms with Crippen molar-refractivity contribution in [1.82, 2.24) is 9.55 Å². The van der Waals surface area contributed by atoms with E-state index in [1.54, 1.807) is 12.1 Å². The van der Waals surface area contributed by atoms with E-state index in [0.29, 0.717) is 21.4 Å². The van der Waals surface area contributed by atoms with E-state index in [0.717, 1.165) is 17.6 Å². The van der Waals surface area contributed by atoms with E-state index < -0.39 is 0 Å². The lowest BCUT2D eigenvalue weighted by molar-refractivity contribution is 0.476. The highest BCUT2D eigenvalue weighted by molar-refractivity contribution is 6.31. The van der Waals surface area contributed by atoms with Crippen molar-refractivity contribution in [3.63, 3.8) is 0 Å². The second-order valence-electron chi connectivity index (χ2n) is 4.47. The van der Waals surface area contributed by atoms with Crippen molar-refractivity contribution in [2.45, 2.75) is 13.5 Å². The summed E-state index contributed by atoms with van der Waals surface area (Å²) in [5, 5.41) is 11.2. The molecule has 0 saturated heterocycles. The van der Waals surface area contributed by atoms with Crippen LogP contribution in [0, 0.1) is 0 Å². The van der Waals surface area contributed by atoms with Gasteiger partial charge in [0.15, 0.2) is 0 Å². The van der Waals surface area contributed by atoms with Crippen molar-refractivity contribution in [1.29, 1.82) is 0 Å². The van der Waals surface area contributed by atoms with Gasteiger partial charge in [0.2, 0.25) is 0 Å². The predicted octanol–water partition coefficient (Wildman–Crippen LogP) is 4.74. The number of benzene rings is 2. The van der Waals surface area contributed by atoms with Crippen molar-refractivity contribution in [2.24, 2.45) is 0 Å². The number of aromatic nitrogens is 2. The average molecular weight is 307 g/mol. The normalized spacial score (nSPS) is 11.2. The van der Waals surface area contributed by atoms with Gasteiger partial charge in [-0.15, -0.1) is 0 Å². The minimum absolute atomic E-state index is 0.119. The molecule has 5 heteroatoms. The second-order valence-corrected chi connectivity index (χ2v) is 5.35. The molecule has 2 aromatic carbocycles. The van der Waals surface area contributed by atoms with Crippen LogP contribution in [-0.2, 0) is 6.54 Å². The summed E-state index contributed by atoms with van der Waals surface area (Å²) in [5.41, 5.74) is 2.45. The van der Waals surface area contributed by atoms with E-state index in [1.165, 1.54) is 6.07 Å². The average Bonchev–Trinajstić information content (AvgIpc) is 2.75. The number of aryl methyl sites for hydroxylation is 1. The third-order valence-electron chi connectivity index (χ3n) is 3.23. The fourth-order valence-corrected chi connectivity index (χ4v) is 2.66. The second kappa shape index (κ2) is 5.00. The minimum atomic E-state index is 0.119. The quantitative estimate of drug-likeness (QED) is 0.743. The maximum atomic E-state index is 10.1. The Morgan fingerprint density at radius 1 is 1.10 bits per heavy atom. The molecule has 0 spiro atoms. The summed E-state index contributed by atoms with van der Waals surface area (Å²) in [6.45, 7) is 2.78. The summed E-state index contributed by atoms with van der Waals surface area (Å²) in [6, 6.07) is 10.6. The molecule has 3 rings (SSSR count). The zero-order valence-corrected chi connectivity index (χ0v) is 12.3. The van der Waals surface area contributed by atoms with Gasteiger partial charge in [-0.2, -0.15) is 0 Å². The number of rotatable bonds is 2. The SMILES string of the molecule is CCn1c(-c2ccc(Cl)cc2O)nc2cc(Cl)ccc21. The van der Waals surface area contributed by atoms with Crippen LogP contribution < -0.4 is 0 Å². The van der Waals surface area contributed by atoms with Crippen molar-refractivity contribution in [2.75, 3.05) is 0 Å². The van der Waals surface area contributed by atoms with Gasteiger partial charge >= 0.3 is 0 Å². The Hall–Kier alpha value is -1.71. The van der Waals surface area contributed by atoms with E-state index >= 15 is 0 Å². The molecule has 0 atom stereocenters. The number of nitrogens with zero attached hydrogens (tertiary/aromatic N) is 2. The third-order valence-corrected chi connectivity index (χ3v) is 3.70. The predicted molar refractivity (Wildman–Crippen MR) is 82.5 cm³/mol. The van der Waals surface area contributed by atoms with Gasteiger partial charge in [-0.3, -0.25) is 0 Å². The Labute approximate surface area is 126 Å². The first-order valence-electron chi connectivity index (χ1n) is 6.25. The summed E-state index contributed by atoms with van der Waals surface area (Å²) in [5.74, 6) is 0.826. The first kappa shape index (κ1) is 13.3. The number of halogens is 2. The van der Waals surface area contributed by atoms with E-state index in [2.05, 4.69) is 4.98 Å². The van der Waals surface area contributed by atoms with Crippen molar-refractivity contribution < 1.29 is 5.11 Å². The molecule has 0 unspecified atom stereocenters. The molecule has 3 nitrogen and oxygen atoms in total. The number of phenols is 1. The monoisotopic (exact) mass is 306 g/mol. The molecule has 0 aliphatic rings. The maximum absolute atomic E-state index is 10.1. The van der Waals surface area contributed by atoms with Crippen LogP contribution in [0.1, 0.15) is 6.92 Å². The first-order chi connectivity index (χ1) is 9.60. The van der Waals surface area contributed by atoms with Crippen LogP contribution in [0.15, 0.2) is 36.4 Å². The van der Waals surface area contributed by atoms with Crippen molar-refractivity contribution in [3.8, 4) is 17.1 Å². The molecule has 0 aliphatic heterocycles. The van der Waals surface area contributed by atoms with E-state index in [1.807, 2.05) is 29.7 Å². The van der Waals surface area contributed by atoms with E-state index in [9.17, 15) is 5.11 Å². The fraction of sp³-hybridized carbons (Fsp3) is 0.133. The number of phenolic OH excluding ortho intramolecular Hbond substituents is 1. The third kappa shape index (κ3) is 2.13. The van der Waals surface area contributed by atoms with Crippen molar-refractivity contribution >= 4 is 34.2 Å². The van der Waals surface area contributed by atoms with E-state index in [-0.39, 0.29) is 5.75 Å². The van der Waals surface area contributed by atoms with Gasteiger partial charge in [-0.1, -0.05) is 23.2 Å². The Kier molecular flexibility index (Phi) is 3.32.